The van der Waals surface area contributed by atoms with Gasteiger partial charge in [-0.05, 0) is 65.0 Å². The van der Waals surface area contributed by atoms with Crippen molar-refractivity contribution in [3.8, 4) is 45.3 Å². The van der Waals surface area contributed by atoms with Crippen molar-refractivity contribution in [1.82, 2.24) is 15.0 Å². The number of nitrogens with zero attached hydrogens (tertiary/aromatic N) is 4. The van der Waals surface area contributed by atoms with Crippen LogP contribution in [-0.2, 0) is 0 Å². The van der Waals surface area contributed by atoms with Crippen LogP contribution in [0.5, 0.6) is 0 Å². The molecule has 10 rings (SSSR count). The normalized spacial score (nSPS) is 11.3. The minimum absolute atomic E-state index is 0.594. The minimum Gasteiger partial charge on any atom is -0.455 e. The van der Waals surface area contributed by atoms with Crippen molar-refractivity contribution in [1.29, 1.82) is 0 Å². The molecule has 0 aliphatic carbocycles. The highest BCUT2D eigenvalue weighted by molar-refractivity contribution is 6.22. The molecular weight excluding hydrogens is 661 g/mol. The van der Waals surface area contributed by atoms with E-state index in [2.05, 4.69) is 114 Å². The van der Waals surface area contributed by atoms with E-state index < -0.39 is 0 Å². The Bertz CT molecular complexity index is 2810. The van der Waals surface area contributed by atoms with Gasteiger partial charge in [0.25, 0.3) is 0 Å². The molecule has 10 aromatic rings. The summed E-state index contributed by atoms with van der Waals surface area (Å²) in [6.07, 6.45) is 0. The van der Waals surface area contributed by atoms with Gasteiger partial charge in [0.05, 0.1) is 0 Å². The van der Waals surface area contributed by atoms with Gasteiger partial charge in [-0.2, -0.15) is 0 Å². The molecule has 0 amide bonds. The summed E-state index contributed by atoms with van der Waals surface area (Å²) in [7, 11) is 0. The lowest BCUT2D eigenvalue weighted by Crippen LogP contribution is -2.09. The zero-order valence-corrected chi connectivity index (χ0v) is 29.2. The molecule has 0 unspecified atom stereocenters. The standard InChI is InChI=1S/C49H32N4O/c1-5-16-34(17-6-1)47-50-48(35-18-7-2-8-19-35)52-49(51-47)41-26-15-27-44-45(41)43-32-42(39-24-13-14-25-40(39)46(43)54-44)33-28-30-38(31-29-33)53(36-20-9-3-10-21-36)37-22-11-4-12-23-37/h1-32H. The van der Waals surface area contributed by atoms with E-state index >= 15 is 0 Å². The Kier molecular flexibility index (Phi) is 7.73. The second kappa shape index (κ2) is 13.3. The van der Waals surface area contributed by atoms with E-state index in [0.29, 0.717) is 17.5 Å². The third kappa shape index (κ3) is 5.56. The van der Waals surface area contributed by atoms with E-state index in [4.69, 9.17) is 19.4 Å². The number of hydrogen-bond donors (Lipinski definition) is 0. The van der Waals surface area contributed by atoms with Gasteiger partial charge in [-0.15, -0.1) is 0 Å². The van der Waals surface area contributed by atoms with Crippen LogP contribution in [-0.4, -0.2) is 15.0 Å². The minimum atomic E-state index is 0.594. The van der Waals surface area contributed by atoms with Gasteiger partial charge in [-0.25, -0.2) is 15.0 Å². The van der Waals surface area contributed by atoms with Crippen molar-refractivity contribution in [3.63, 3.8) is 0 Å². The molecule has 0 saturated heterocycles. The first-order valence-corrected chi connectivity index (χ1v) is 18.0. The molecular formula is C49H32N4O. The van der Waals surface area contributed by atoms with Crippen LogP contribution in [0.1, 0.15) is 0 Å². The molecule has 0 radical (unpaired) electrons. The van der Waals surface area contributed by atoms with Gasteiger partial charge in [0, 0.05) is 49.9 Å². The second-order valence-corrected chi connectivity index (χ2v) is 13.2. The van der Waals surface area contributed by atoms with E-state index in [1.807, 2.05) is 84.9 Å². The van der Waals surface area contributed by atoms with E-state index in [-0.39, 0.29) is 0 Å². The van der Waals surface area contributed by atoms with Crippen molar-refractivity contribution < 1.29 is 4.42 Å². The monoisotopic (exact) mass is 692 g/mol. The average molecular weight is 693 g/mol. The summed E-state index contributed by atoms with van der Waals surface area (Å²) >= 11 is 0. The Morgan fingerprint density at radius 3 is 1.44 bits per heavy atom. The summed E-state index contributed by atoms with van der Waals surface area (Å²) in [5.74, 6) is 1.84. The molecule has 0 atom stereocenters. The fourth-order valence-corrected chi connectivity index (χ4v) is 7.39. The van der Waals surface area contributed by atoms with Crippen LogP contribution >= 0.6 is 0 Å². The first-order chi connectivity index (χ1) is 26.8. The highest BCUT2D eigenvalue weighted by Crippen LogP contribution is 2.43. The highest BCUT2D eigenvalue weighted by Gasteiger charge is 2.21. The second-order valence-electron chi connectivity index (χ2n) is 13.2. The van der Waals surface area contributed by atoms with Gasteiger partial charge >= 0.3 is 0 Å². The summed E-state index contributed by atoms with van der Waals surface area (Å²) in [5, 5.41) is 4.16. The lowest BCUT2D eigenvalue weighted by molar-refractivity contribution is 0.673. The predicted octanol–water partition coefficient (Wildman–Crippen LogP) is 13.1. The van der Waals surface area contributed by atoms with Crippen molar-refractivity contribution in [3.05, 3.63) is 194 Å². The maximum atomic E-state index is 6.72. The first-order valence-electron chi connectivity index (χ1n) is 18.0. The molecule has 0 aliphatic rings. The molecule has 0 N–H and O–H groups in total. The first kappa shape index (κ1) is 31.4. The third-order valence-electron chi connectivity index (χ3n) is 9.91. The van der Waals surface area contributed by atoms with Gasteiger partial charge in [0.15, 0.2) is 17.5 Å². The summed E-state index contributed by atoms with van der Waals surface area (Å²) in [4.78, 5) is 17.4. The van der Waals surface area contributed by atoms with Crippen molar-refractivity contribution in [2.45, 2.75) is 0 Å². The van der Waals surface area contributed by atoms with Crippen molar-refractivity contribution >= 4 is 49.8 Å². The number of fused-ring (bicyclic) bond motifs is 5. The summed E-state index contributed by atoms with van der Waals surface area (Å²) in [6.45, 7) is 0. The SMILES string of the molecule is c1ccc(-c2nc(-c3ccccc3)nc(-c3cccc4oc5c6ccccc6c(-c6ccc(N(c7ccccc7)c7ccccc7)cc6)cc5c34)n2)cc1. The van der Waals surface area contributed by atoms with Crippen LogP contribution in [0.3, 0.4) is 0 Å². The highest BCUT2D eigenvalue weighted by atomic mass is 16.3. The summed E-state index contributed by atoms with van der Waals surface area (Å²) < 4.78 is 6.72. The molecule has 0 spiro atoms. The molecule has 0 saturated carbocycles. The zero-order valence-electron chi connectivity index (χ0n) is 29.2. The predicted molar refractivity (Wildman–Crippen MR) is 221 cm³/mol. The van der Waals surface area contributed by atoms with E-state index in [9.17, 15) is 0 Å². The Hall–Kier alpha value is -7.37. The van der Waals surface area contributed by atoms with Gasteiger partial charge in [0.1, 0.15) is 11.2 Å². The fraction of sp³-hybridized carbons (Fsp3) is 0. The molecule has 0 fully saturated rings. The van der Waals surface area contributed by atoms with Crippen LogP contribution in [0, 0.1) is 0 Å². The number of hydrogen-bond acceptors (Lipinski definition) is 5. The van der Waals surface area contributed by atoms with Crippen LogP contribution < -0.4 is 4.90 Å². The molecule has 2 heterocycles. The van der Waals surface area contributed by atoms with E-state index in [1.165, 1.54) is 0 Å². The van der Waals surface area contributed by atoms with Crippen LogP contribution in [0.2, 0.25) is 0 Å². The molecule has 0 aliphatic heterocycles. The summed E-state index contributed by atoms with van der Waals surface area (Å²) in [5.41, 5.74) is 9.89. The molecule has 5 nitrogen and oxygen atoms in total. The lowest BCUT2D eigenvalue weighted by Gasteiger charge is -2.25. The number of benzene rings is 8. The number of para-hydroxylation sites is 2. The average Bonchev–Trinajstić information content (AvgIpc) is 3.64. The maximum Gasteiger partial charge on any atom is 0.164 e. The smallest absolute Gasteiger partial charge is 0.164 e. The summed E-state index contributed by atoms with van der Waals surface area (Å²) in [6, 6.07) is 66.8. The van der Waals surface area contributed by atoms with E-state index in [1.54, 1.807) is 0 Å². The largest absolute Gasteiger partial charge is 0.455 e. The van der Waals surface area contributed by atoms with Crippen molar-refractivity contribution in [2.75, 3.05) is 4.90 Å². The Morgan fingerprint density at radius 1 is 0.352 bits per heavy atom. The fourth-order valence-electron chi connectivity index (χ4n) is 7.39. The van der Waals surface area contributed by atoms with E-state index in [0.717, 1.165) is 77.6 Å². The number of rotatable bonds is 7. The quantitative estimate of drug-likeness (QED) is 0.166. The Balaban J connectivity index is 1.16. The van der Waals surface area contributed by atoms with Crippen LogP contribution in [0.15, 0.2) is 199 Å². The molecule has 2 aromatic heterocycles. The van der Waals surface area contributed by atoms with Crippen LogP contribution in [0.25, 0.3) is 78.0 Å². The molecule has 5 heteroatoms. The van der Waals surface area contributed by atoms with Gasteiger partial charge in [-0.3, -0.25) is 0 Å². The lowest BCUT2D eigenvalue weighted by atomic mass is 9.94. The van der Waals surface area contributed by atoms with Gasteiger partial charge in [-0.1, -0.05) is 146 Å². The molecule has 254 valence electrons. The Morgan fingerprint density at radius 2 is 0.852 bits per heavy atom. The van der Waals surface area contributed by atoms with Gasteiger partial charge < -0.3 is 9.32 Å². The van der Waals surface area contributed by atoms with Gasteiger partial charge in [0.2, 0.25) is 0 Å². The van der Waals surface area contributed by atoms with Crippen molar-refractivity contribution in [2.24, 2.45) is 0 Å². The number of aromatic nitrogens is 3. The Labute approximate surface area is 312 Å². The molecule has 0 bridgehead atoms. The molecule has 54 heavy (non-hydrogen) atoms. The van der Waals surface area contributed by atoms with Crippen LogP contribution in [0.4, 0.5) is 17.1 Å². The zero-order chi connectivity index (χ0) is 35.8. The maximum absolute atomic E-state index is 6.72. The third-order valence-corrected chi connectivity index (χ3v) is 9.91. The number of anilines is 3. The number of furan rings is 1. The molecule has 8 aromatic carbocycles. The topological polar surface area (TPSA) is 55.1 Å².